The van der Waals surface area contributed by atoms with Crippen molar-refractivity contribution in [3.05, 3.63) is 59.2 Å². The SMILES string of the molecule is CCC1C(C(=O)O)=Cc2ccc(-c3ccc(C(=O)OC)cc3)cc2N=C1N. The summed E-state index contributed by atoms with van der Waals surface area (Å²) in [6.45, 7) is 1.88. The molecule has 0 radical (unpaired) electrons. The van der Waals surface area contributed by atoms with Crippen LogP contribution in [0.1, 0.15) is 29.3 Å². The molecule has 1 aliphatic heterocycles. The summed E-state index contributed by atoms with van der Waals surface area (Å²) in [4.78, 5) is 27.7. The molecule has 2 aromatic carbocycles. The van der Waals surface area contributed by atoms with Gasteiger partial charge in [-0.15, -0.1) is 0 Å². The first-order chi connectivity index (χ1) is 12.9. The molecule has 3 rings (SSSR count). The number of fused-ring (bicyclic) bond motifs is 1. The van der Waals surface area contributed by atoms with Gasteiger partial charge in [0.1, 0.15) is 5.84 Å². The molecule has 6 nitrogen and oxygen atoms in total. The zero-order chi connectivity index (χ0) is 19.6. The number of rotatable bonds is 4. The predicted molar refractivity (Wildman–Crippen MR) is 104 cm³/mol. The minimum atomic E-state index is -0.990. The molecule has 138 valence electrons. The summed E-state index contributed by atoms with van der Waals surface area (Å²) in [5.41, 5.74) is 9.92. The van der Waals surface area contributed by atoms with Gasteiger partial charge in [0.05, 0.1) is 18.4 Å². The van der Waals surface area contributed by atoms with Crippen molar-refractivity contribution in [3.63, 3.8) is 0 Å². The molecule has 1 unspecified atom stereocenters. The van der Waals surface area contributed by atoms with Crippen molar-refractivity contribution < 1.29 is 19.4 Å². The summed E-state index contributed by atoms with van der Waals surface area (Å²) in [7, 11) is 1.34. The standard InChI is InChI=1S/C21H20N2O4/c1-3-16-17(20(24)25)10-15-9-8-14(11-18(15)23-19(16)22)12-4-6-13(7-5-12)21(26)27-2/h4-11,16H,3H2,1-2H3,(H2,22,23)(H,24,25). The van der Waals surface area contributed by atoms with Gasteiger partial charge in [-0.3, -0.25) is 0 Å². The van der Waals surface area contributed by atoms with Crippen LogP contribution >= 0.6 is 0 Å². The minimum absolute atomic E-state index is 0.243. The zero-order valence-corrected chi connectivity index (χ0v) is 15.1. The molecule has 0 amide bonds. The molecule has 2 aromatic rings. The molecular weight excluding hydrogens is 344 g/mol. The van der Waals surface area contributed by atoms with Crippen LogP contribution in [0.5, 0.6) is 0 Å². The van der Waals surface area contributed by atoms with Crippen molar-refractivity contribution in [2.45, 2.75) is 13.3 Å². The van der Waals surface area contributed by atoms with Gasteiger partial charge in [0.2, 0.25) is 0 Å². The first-order valence-electron chi connectivity index (χ1n) is 8.56. The maximum absolute atomic E-state index is 11.6. The Morgan fingerprint density at radius 1 is 1.15 bits per heavy atom. The van der Waals surface area contributed by atoms with Gasteiger partial charge in [0, 0.05) is 17.1 Å². The van der Waals surface area contributed by atoms with E-state index in [-0.39, 0.29) is 5.57 Å². The van der Waals surface area contributed by atoms with Crippen LogP contribution in [-0.4, -0.2) is 30.0 Å². The van der Waals surface area contributed by atoms with Gasteiger partial charge in [-0.25, -0.2) is 14.6 Å². The number of amidine groups is 1. The third kappa shape index (κ3) is 3.60. The molecule has 0 aromatic heterocycles. The molecule has 1 aliphatic rings. The Hall–Kier alpha value is -3.41. The first kappa shape index (κ1) is 18.4. The van der Waals surface area contributed by atoms with E-state index >= 15 is 0 Å². The topological polar surface area (TPSA) is 102 Å². The Balaban J connectivity index is 2.04. The lowest BCUT2D eigenvalue weighted by Gasteiger charge is -2.13. The molecule has 0 bridgehead atoms. The smallest absolute Gasteiger partial charge is 0.337 e. The van der Waals surface area contributed by atoms with Gasteiger partial charge >= 0.3 is 11.9 Å². The van der Waals surface area contributed by atoms with Gasteiger partial charge in [-0.1, -0.05) is 31.2 Å². The summed E-state index contributed by atoms with van der Waals surface area (Å²) in [6, 6.07) is 12.6. The van der Waals surface area contributed by atoms with Crippen LogP contribution in [-0.2, 0) is 9.53 Å². The van der Waals surface area contributed by atoms with Gasteiger partial charge < -0.3 is 15.6 Å². The number of carbonyl (C=O) groups excluding carboxylic acids is 1. The maximum atomic E-state index is 11.6. The first-order valence-corrected chi connectivity index (χ1v) is 8.56. The van der Waals surface area contributed by atoms with Crippen LogP contribution in [0, 0.1) is 5.92 Å². The van der Waals surface area contributed by atoms with Crippen molar-refractivity contribution >= 4 is 29.5 Å². The maximum Gasteiger partial charge on any atom is 0.337 e. The zero-order valence-electron chi connectivity index (χ0n) is 15.1. The lowest BCUT2D eigenvalue weighted by molar-refractivity contribution is -0.132. The minimum Gasteiger partial charge on any atom is -0.478 e. The van der Waals surface area contributed by atoms with Crippen molar-refractivity contribution in [1.29, 1.82) is 0 Å². The number of carboxylic acid groups (broad SMARTS) is 1. The van der Waals surface area contributed by atoms with E-state index in [4.69, 9.17) is 10.5 Å². The van der Waals surface area contributed by atoms with E-state index in [0.29, 0.717) is 29.1 Å². The number of aliphatic carboxylic acids is 1. The summed E-state index contributed by atoms with van der Waals surface area (Å²) in [5, 5.41) is 9.52. The fourth-order valence-corrected chi connectivity index (χ4v) is 3.14. The number of carbonyl (C=O) groups is 2. The summed E-state index contributed by atoms with van der Waals surface area (Å²) < 4.78 is 4.71. The van der Waals surface area contributed by atoms with Gasteiger partial charge in [0.25, 0.3) is 0 Å². The van der Waals surface area contributed by atoms with Crippen molar-refractivity contribution in [3.8, 4) is 11.1 Å². The lowest BCUT2D eigenvalue weighted by Crippen LogP contribution is -2.27. The fraction of sp³-hybridized carbons (Fsp3) is 0.190. The Labute approximate surface area is 157 Å². The molecular formula is C21H20N2O4. The molecule has 6 heteroatoms. The third-order valence-electron chi connectivity index (χ3n) is 4.62. The molecule has 1 atom stereocenters. The van der Waals surface area contributed by atoms with Gasteiger partial charge in [-0.2, -0.15) is 0 Å². The van der Waals surface area contributed by atoms with Crippen molar-refractivity contribution in [2.24, 2.45) is 16.6 Å². The number of hydrogen-bond donors (Lipinski definition) is 2. The van der Waals surface area contributed by atoms with E-state index in [9.17, 15) is 14.7 Å². The third-order valence-corrected chi connectivity index (χ3v) is 4.62. The highest BCUT2D eigenvalue weighted by Gasteiger charge is 2.25. The molecule has 0 fully saturated rings. The van der Waals surface area contributed by atoms with Gasteiger partial charge in [-0.05, 0) is 41.8 Å². The highest BCUT2D eigenvalue weighted by Crippen LogP contribution is 2.34. The van der Waals surface area contributed by atoms with E-state index in [1.54, 1.807) is 18.2 Å². The largest absolute Gasteiger partial charge is 0.478 e. The summed E-state index contributed by atoms with van der Waals surface area (Å²) in [5.74, 6) is -1.51. The second kappa shape index (κ2) is 7.45. The molecule has 3 N–H and O–H groups in total. The number of nitrogens with zero attached hydrogens (tertiary/aromatic N) is 1. The quantitative estimate of drug-likeness (QED) is 0.807. The number of esters is 1. The molecule has 1 heterocycles. The number of carboxylic acids is 1. The van der Waals surface area contributed by atoms with Crippen molar-refractivity contribution in [1.82, 2.24) is 0 Å². The number of ether oxygens (including phenoxy) is 1. The number of benzene rings is 2. The highest BCUT2D eigenvalue weighted by molar-refractivity contribution is 6.04. The molecule has 0 spiro atoms. The number of hydrogen-bond acceptors (Lipinski definition) is 5. The van der Waals surface area contributed by atoms with Gasteiger partial charge in [0.15, 0.2) is 0 Å². The number of aliphatic imine (C=N–C) groups is 1. The van der Waals surface area contributed by atoms with Crippen LogP contribution in [0.25, 0.3) is 17.2 Å². The molecule has 0 saturated carbocycles. The summed E-state index contributed by atoms with van der Waals surface area (Å²) in [6.07, 6.45) is 2.20. The normalized spacial score (nSPS) is 15.9. The average Bonchev–Trinajstić information content (AvgIpc) is 2.82. The van der Waals surface area contributed by atoms with E-state index in [2.05, 4.69) is 4.99 Å². The van der Waals surface area contributed by atoms with E-state index in [1.807, 2.05) is 37.3 Å². The van der Waals surface area contributed by atoms with Crippen LogP contribution in [0.3, 0.4) is 0 Å². The average molecular weight is 364 g/mol. The Kier molecular flexibility index (Phi) is 5.07. The second-order valence-electron chi connectivity index (χ2n) is 6.24. The van der Waals surface area contributed by atoms with E-state index in [0.717, 1.165) is 11.1 Å². The predicted octanol–water partition coefficient (Wildman–Crippen LogP) is 3.64. The summed E-state index contributed by atoms with van der Waals surface area (Å²) >= 11 is 0. The van der Waals surface area contributed by atoms with Crippen LogP contribution in [0.4, 0.5) is 5.69 Å². The molecule has 0 saturated heterocycles. The molecule has 27 heavy (non-hydrogen) atoms. The van der Waals surface area contributed by atoms with Crippen LogP contribution < -0.4 is 5.73 Å². The Morgan fingerprint density at radius 3 is 2.41 bits per heavy atom. The van der Waals surface area contributed by atoms with E-state index in [1.165, 1.54) is 7.11 Å². The van der Waals surface area contributed by atoms with E-state index < -0.39 is 17.9 Å². The fourth-order valence-electron chi connectivity index (χ4n) is 3.14. The number of nitrogens with two attached hydrogens (primary N) is 1. The Morgan fingerprint density at radius 2 is 1.81 bits per heavy atom. The monoisotopic (exact) mass is 364 g/mol. The second-order valence-corrected chi connectivity index (χ2v) is 6.24. The number of methoxy groups -OCH3 is 1. The lowest BCUT2D eigenvalue weighted by atomic mass is 9.94. The van der Waals surface area contributed by atoms with Crippen molar-refractivity contribution in [2.75, 3.05) is 7.11 Å². The van der Waals surface area contributed by atoms with Crippen LogP contribution in [0.2, 0.25) is 0 Å². The highest BCUT2D eigenvalue weighted by atomic mass is 16.5. The Bertz CT molecular complexity index is 959. The van der Waals surface area contributed by atoms with Crippen LogP contribution in [0.15, 0.2) is 53.0 Å². The molecule has 0 aliphatic carbocycles.